The van der Waals surface area contributed by atoms with Gasteiger partial charge in [-0.15, -0.1) is 0 Å². The van der Waals surface area contributed by atoms with E-state index in [4.69, 9.17) is 5.73 Å². The molecule has 4 rings (SSSR count). The van der Waals surface area contributed by atoms with Gasteiger partial charge in [-0.3, -0.25) is 14.7 Å². The zero-order valence-electron chi connectivity index (χ0n) is 19.8. The van der Waals surface area contributed by atoms with Crippen LogP contribution in [0.3, 0.4) is 0 Å². The van der Waals surface area contributed by atoms with Crippen LogP contribution in [0.5, 0.6) is 0 Å². The molecule has 2 amide bonds. The summed E-state index contributed by atoms with van der Waals surface area (Å²) >= 11 is 0. The monoisotopic (exact) mass is 497 g/mol. The third-order valence-corrected chi connectivity index (χ3v) is 6.14. The molecule has 1 fully saturated rings. The maximum Gasteiger partial charge on any atom is 0.255 e. The van der Waals surface area contributed by atoms with Gasteiger partial charge in [0.05, 0.1) is 11.8 Å². The van der Waals surface area contributed by atoms with Gasteiger partial charge in [-0.2, -0.15) is 5.10 Å². The maximum atomic E-state index is 15.0. The van der Waals surface area contributed by atoms with Crippen LogP contribution >= 0.6 is 0 Å². The van der Waals surface area contributed by atoms with E-state index in [2.05, 4.69) is 25.8 Å². The molecule has 0 aliphatic carbocycles. The van der Waals surface area contributed by atoms with Crippen molar-refractivity contribution in [3.05, 3.63) is 65.5 Å². The number of likely N-dealkylation sites (tertiary alicyclic amines) is 1. The first-order chi connectivity index (χ1) is 17.5. The number of halogens is 2. The zero-order chi connectivity index (χ0) is 25.5. The molecule has 1 aliphatic heterocycles. The van der Waals surface area contributed by atoms with Gasteiger partial charge in [0.25, 0.3) is 5.91 Å². The van der Waals surface area contributed by atoms with Crippen molar-refractivity contribution in [1.82, 2.24) is 25.4 Å². The maximum absolute atomic E-state index is 15.0. The van der Waals surface area contributed by atoms with Gasteiger partial charge in [0.15, 0.2) is 5.82 Å². The lowest BCUT2D eigenvalue weighted by molar-refractivity contribution is -0.131. The van der Waals surface area contributed by atoms with E-state index in [9.17, 15) is 18.4 Å². The lowest BCUT2D eigenvalue weighted by Crippen LogP contribution is -2.43. The molecule has 3 aromatic rings. The van der Waals surface area contributed by atoms with Crippen molar-refractivity contribution in [2.24, 2.45) is 5.73 Å². The molecule has 3 heterocycles. The molecule has 36 heavy (non-hydrogen) atoms. The number of aromatic nitrogens is 3. The lowest BCUT2D eigenvalue weighted by Gasteiger charge is -2.25. The Morgan fingerprint density at radius 1 is 1.25 bits per heavy atom. The van der Waals surface area contributed by atoms with Crippen molar-refractivity contribution in [1.29, 1.82) is 0 Å². The quantitative estimate of drug-likeness (QED) is 0.341. The number of hydrogen-bond donors (Lipinski definition) is 4. The SMILES string of the molecule is NCCC(=O)N1CCC[C@@H]1CNC(=O)c1cc(F)c(-c2cn[nH]c2)nc1NCCc1cccc(F)c1. The number of anilines is 1. The smallest absolute Gasteiger partial charge is 0.255 e. The largest absolute Gasteiger partial charge is 0.369 e. The van der Waals surface area contributed by atoms with E-state index in [0.717, 1.165) is 24.5 Å². The van der Waals surface area contributed by atoms with E-state index in [0.29, 0.717) is 25.1 Å². The fourth-order valence-corrected chi connectivity index (χ4v) is 4.35. The number of aromatic amines is 1. The summed E-state index contributed by atoms with van der Waals surface area (Å²) in [5, 5.41) is 12.4. The van der Waals surface area contributed by atoms with Gasteiger partial charge in [0.2, 0.25) is 5.91 Å². The van der Waals surface area contributed by atoms with E-state index >= 15 is 0 Å². The first kappa shape index (κ1) is 25.2. The van der Waals surface area contributed by atoms with Crippen LogP contribution in [0.25, 0.3) is 11.3 Å². The molecule has 1 atom stereocenters. The van der Waals surface area contributed by atoms with E-state index in [-0.39, 0.29) is 54.4 Å². The summed E-state index contributed by atoms with van der Waals surface area (Å²) < 4.78 is 28.5. The molecule has 0 radical (unpaired) electrons. The van der Waals surface area contributed by atoms with Crippen LogP contribution in [0.1, 0.15) is 35.2 Å². The van der Waals surface area contributed by atoms with E-state index in [1.807, 2.05) is 0 Å². The molecule has 9 nitrogen and oxygen atoms in total. The van der Waals surface area contributed by atoms with Gasteiger partial charge >= 0.3 is 0 Å². The zero-order valence-corrected chi connectivity index (χ0v) is 19.8. The molecule has 1 aromatic carbocycles. The molecule has 5 N–H and O–H groups in total. The highest BCUT2D eigenvalue weighted by Gasteiger charge is 2.29. The summed E-state index contributed by atoms with van der Waals surface area (Å²) in [6, 6.07) is 7.23. The third-order valence-electron chi connectivity index (χ3n) is 6.14. The summed E-state index contributed by atoms with van der Waals surface area (Å²) in [5.41, 5.74) is 6.81. The number of nitrogens with zero attached hydrogens (tertiary/aromatic N) is 3. The molecule has 2 aromatic heterocycles. The molecule has 1 aliphatic rings. The van der Waals surface area contributed by atoms with Crippen molar-refractivity contribution in [2.45, 2.75) is 31.7 Å². The Morgan fingerprint density at radius 2 is 2.11 bits per heavy atom. The Morgan fingerprint density at radius 3 is 2.86 bits per heavy atom. The first-order valence-corrected chi connectivity index (χ1v) is 11.9. The van der Waals surface area contributed by atoms with Crippen molar-refractivity contribution >= 4 is 17.6 Å². The number of pyridine rings is 1. The van der Waals surface area contributed by atoms with Gasteiger partial charge in [-0.1, -0.05) is 12.1 Å². The summed E-state index contributed by atoms with van der Waals surface area (Å²) in [6.45, 7) is 1.48. The van der Waals surface area contributed by atoms with Gasteiger partial charge < -0.3 is 21.3 Å². The number of rotatable bonds is 10. The molecular formula is C25H29F2N7O2. The molecule has 11 heteroatoms. The molecule has 0 unspecified atom stereocenters. The Balaban J connectivity index is 1.50. The molecule has 0 saturated carbocycles. The Kier molecular flexibility index (Phi) is 8.21. The average molecular weight is 498 g/mol. The van der Waals surface area contributed by atoms with Crippen molar-refractivity contribution in [3.63, 3.8) is 0 Å². The molecule has 190 valence electrons. The predicted molar refractivity (Wildman–Crippen MR) is 131 cm³/mol. The van der Waals surface area contributed by atoms with Gasteiger partial charge in [-0.05, 0) is 43.0 Å². The number of amides is 2. The predicted octanol–water partition coefficient (Wildman–Crippen LogP) is 2.47. The fraction of sp³-hybridized carbons (Fsp3) is 0.360. The molecule has 0 spiro atoms. The summed E-state index contributed by atoms with van der Waals surface area (Å²) in [5.74, 6) is -1.35. The number of hydrogen-bond acceptors (Lipinski definition) is 6. The average Bonchev–Trinajstić information content (AvgIpc) is 3.56. The molecular weight excluding hydrogens is 468 g/mol. The Labute approximate surface area is 207 Å². The first-order valence-electron chi connectivity index (χ1n) is 11.9. The molecule has 1 saturated heterocycles. The van der Waals surface area contributed by atoms with Crippen molar-refractivity contribution in [3.8, 4) is 11.3 Å². The topological polar surface area (TPSA) is 129 Å². The third kappa shape index (κ3) is 6.03. The second-order valence-electron chi connectivity index (χ2n) is 8.64. The number of carbonyl (C=O) groups is 2. The lowest BCUT2D eigenvalue weighted by atomic mass is 10.1. The van der Waals surface area contributed by atoms with Crippen LogP contribution < -0.4 is 16.4 Å². The number of benzene rings is 1. The number of nitrogens with one attached hydrogen (secondary N) is 3. The van der Waals surface area contributed by atoms with Crippen LogP contribution in [0, 0.1) is 11.6 Å². The second-order valence-corrected chi connectivity index (χ2v) is 8.64. The minimum absolute atomic E-state index is 0.0360. The summed E-state index contributed by atoms with van der Waals surface area (Å²) in [7, 11) is 0. The number of carbonyl (C=O) groups excluding carboxylic acids is 2. The Hall–Kier alpha value is -3.86. The van der Waals surface area contributed by atoms with Crippen LogP contribution in [-0.2, 0) is 11.2 Å². The minimum atomic E-state index is -0.669. The highest BCUT2D eigenvalue weighted by atomic mass is 19.1. The van der Waals surface area contributed by atoms with Crippen LogP contribution in [0.2, 0.25) is 0 Å². The van der Waals surface area contributed by atoms with E-state index in [1.54, 1.807) is 17.0 Å². The van der Waals surface area contributed by atoms with Gasteiger partial charge in [-0.25, -0.2) is 13.8 Å². The van der Waals surface area contributed by atoms with Crippen molar-refractivity contribution in [2.75, 3.05) is 31.5 Å². The Bertz CT molecular complexity index is 1200. The van der Waals surface area contributed by atoms with Gasteiger partial charge in [0, 0.05) is 50.4 Å². The highest BCUT2D eigenvalue weighted by molar-refractivity contribution is 5.99. The van der Waals surface area contributed by atoms with E-state index in [1.165, 1.54) is 24.5 Å². The van der Waals surface area contributed by atoms with Gasteiger partial charge in [0.1, 0.15) is 17.3 Å². The highest BCUT2D eigenvalue weighted by Crippen LogP contribution is 2.25. The standard InChI is InChI=1S/C25H29F2N7O2/c26-18-4-1-3-16(11-18)7-9-29-24-20(12-21(27)23(33-24)17-13-31-32-14-17)25(36)30-15-19-5-2-10-34(19)22(35)6-8-28/h1,3-4,11-14,19H,2,5-10,15,28H2,(H,29,33)(H,30,36)(H,31,32)/t19-/m1/s1. The van der Waals surface area contributed by atoms with Crippen LogP contribution in [-0.4, -0.2) is 64.1 Å². The molecule has 0 bridgehead atoms. The number of nitrogens with two attached hydrogens (primary N) is 1. The second kappa shape index (κ2) is 11.7. The fourth-order valence-electron chi connectivity index (χ4n) is 4.35. The van der Waals surface area contributed by atoms with Crippen LogP contribution in [0.15, 0.2) is 42.7 Å². The van der Waals surface area contributed by atoms with Crippen molar-refractivity contribution < 1.29 is 18.4 Å². The summed E-state index contributed by atoms with van der Waals surface area (Å²) in [6.07, 6.45) is 5.29. The number of H-pyrrole nitrogens is 1. The minimum Gasteiger partial charge on any atom is -0.369 e. The van der Waals surface area contributed by atoms with E-state index < -0.39 is 11.7 Å². The normalized spacial score (nSPS) is 15.2. The van der Waals surface area contributed by atoms with Crippen LogP contribution in [0.4, 0.5) is 14.6 Å². The summed E-state index contributed by atoms with van der Waals surface area (Å²) in [4.78, 5) is 31.5.